The van der Waals surface area contributed by atoms with E-state index in [2.05, 4.69) is 10.6 Å². The van der Waals surface area contributed by atoms with Gasteiger partial charge in [-0.05, 0) is 62.0 Å². The standard InChI is InChI=1S/C17H18Cl2N2OS/c1-3-22-14-7-4-12(5-8-14)11(2)20-17(23)21-13-6-9-15(18)16(19)10-13/h4-11H,3H2,1-2H3,(H2,20,21,23)/t11-/m0/s1. The van der Waals surface area contributed by atoms with Crippen molar-refractivity contribution in [3.05, 3.63) is 58.1 Å². The van der Waals surface area contributed by atoms with E-state index in [1.165, 1.54) is 0 Å². The van der Waals surface area contributed by atoms with E-state index in [9.17, 15) is 0 Å². The van der Waals surface area contributed by atoms with Gasteiger partial charge in [0.25, 0.3) is 0 Å². The second-order valence-corrected chi connectivity index (χ2v) is 6.17. The highest BCUT2D eigenvalue weighted by Crippen LogP contribution is 2.25. The molecule has 0 heterocycles. The summed E-state index contributed by atoms with van der Waals surface area (Å²) in [5.41, 5.74) is 1.91. The van der Waals surface area contributed by atoms with Crippen molar-refractivity contribution < 1.29 is 4.74 Å². The second-order valence-electron chi connectivity index (χ2n) is 4.95. The van der Waals surface area contributed by atoms with Crippen LogP contribution in [-0.2, 0) is 0 Å². The number of thiocarbonyl (C=S) groups is 1. The van der Waals surface area contributed by atoms with Crippen LogP contribution in [0.2, 0.25) is 10.0 Å². The van der Waals surface area contributed by atoms with Gasteiger partial charge in [-0.3, -0.25) is 0 Å². The Labute approximate surface area is 151 Å². The summed E-state index contributed by atoms with van der Waals surface area (Å²) in [5.74, 6) is 0.861. The lowest BCUT2D eigenvalue weighted by Gasteiger charge is -2.18. The third kappa shape index (κ3) is 5.27. The molecule has 0 aliphatic carbocycles. The molecule has 2 aromatic rings. The normalized spacial score (nSPS) is 11.7. The number of benzene rings is 2. The molecule has 0 amide bonds. The fourth-order valence-electron chi connectivity index (χ4n) is 2.04. The first-order valence-electron chi connectivity index (χ1n) is 7.25. The van der Waals surface area contributed by atoms with Crippen LogP contribution in [0.5, 0.6) is 5.75 Å². The number of hydrogen-bond donors (Lipinski definition) is 2. The van der Waals surface area contributed by atoms with Crippen LogP contribution in [0.25, 0.3) is 0 Å². The SMILES string of the molecule is CCOc1ccc([C@H](C)NC(=S)Nc2ccc(Cl)c(Cl)c2)cc1. The molecule has 2 rings (SSSR count). The fraction of sp³-hybridized carbons (Fsp3) is 0.235. The molecule has 0 unspecified atom stereocenters. The molecule has 1 atom stereocenters. The summed E-state index contributed by atoms with van der Waals surface area (Å²) in [5, 5.41) is 7.84. The second kappa shape index (κ2) is 8.39. The first-order valence-corrected chi connectivity index (χ1v) is 8.41. The minimum atomic E-state index is 0.0634. The maximum Gasteiger partial charge on any atom is 0.171 e. The number of nitrogens with one attached hydrogen (secondary N) is 2. The number of hydrogen-bond acceptors (Lipinski definition) is 2. The lowest BCUT2D eigenvalue weighted by Crippen LogP contribution is -2.30. The zero-order valence-electron chi connectivity index (χ0n) is 12.9. The molecule has 0 saturated heterocycles. The minimum Gasteiger partial charge on any atom is -0.494 e. The van der Waals surface area contributed by atoms with Crippen molar-refractivity contribution in [2.45, 2.75) is 19.9 Å². The first-order chi connectivity index (χ1) is 11.0. The highest BCUT2D eigenvalue weighted by atomic mass is 35.5. The summed E-state index contributed by atoms with van der Waals surface area (Å²) in [6.07, 6.45) is 0. The van der Waals surface area contributed by atoms with E-state index in [1.54, 1.807) is 12.1 Å². The minimum absolute atomic E-state index is 0.0634. The van der Waals surface area contributed by atoms with E-state index in [0.29, 0.717) is 21.8 Å². The average molecular weight is 369 g/mol. The molecule has 0 saturated carbocycles. The molecule has 0 fully saturated rings. The zero-order valence-corrected chi connectivity index (χ0v) is 15.2. The van der Waals surface area contributed by atoms with Gasteiger partial charge in [-0.25, -0.2) is 0 Å². The van der Waals surface area contributed by atoms with Crippen molar-refractivity contribution in [2.75, 3.05) is 11.9 Å². The third-order valence-corrected chi connectivity index (χ3v) is 4.18. The van der Waals surface area contributed by atoms with Crippen molar-refractivity contribution in [1.82, 2.24) is 5.32 Å². The molecule has 0 radical (unpaired) electrons. The first kappa shape index (κ1) is 17.9. The molecule has 2 aromatic carbocycles. The molecule has 0 aliphatic heterocycles. The average Bonchev–Trinajstić information content (AvgIpc) is 2.52. The summed E-state index contributed by atoms with van der Waals surface area (Å²) in [4.78, 5) is 0. The Hall–Kier alpha value is -1.49. The van der Waals surface area contributed by atoms with E-state index in [4.69, 9.17) is 40.2 Å². The van der Waals surface area contributed by atoms with Gasteiger partial charge in [0.1, 0.15) is 5.75 Å². The molecule has 0 spiro atoms. The van der Waals surface area contributed by atoms with Crippen LogP contribution < -0.4 is 15.4 Å². The van der Waals surface area contributed by atoms with Crippen LogP contribution in [0.3, 0.4) is 0 Å². The van der Waals surface area contributed by atoms with Gasteiger partial charge in [0.2, 0.25) is 0 Å². The van der Waals surface area contributed by atoms with E-state index in [0.717, 1.165) is 17.0 Å². The predicted molar refractivity (Wildman–Crippen MR) is 102 cm³/mol. The van der Waals surface area contributed by atoms with E-state index < -0.39 is 0 Å². The number of rotatable bonds is 5. The molecular weight excluding hydrogens is 351 g/mol. The zero-order chi connectivity index (χ0) is 16.8. The Morgan fingerprint density at radius 3 is 2.43 bits per heavy atom. The summed E-state index contributed by atoms with van der Waals surface area (Å²) in [6, 6.07) is 13.3. The molecule has 2 N–H and O–H groups in total. The Morgan fingerprint density at radius 1 is 1.13 bits per heavy atom. The number of anilines is 1. The molecule has 122 valence electrons. The largest absolute Gasteiger partial charge is 0.494 e. The van der Waals surface area contributed by atoms with Crippen LogP contribution >= 0.6 is 35.4 Å². The Balaban J connectivity index is 1.94. The van der Waals surface area contributed by atoms with Gasteiger partial charge in [-0.1, -0.05) is 35.3 Å². The van der Waals surface area contributed by atoms with Crippen molar-refractivity contribution >= 4 is 46.2 Å². The molecular formula is C17H18Cl2N2OS. The summed E-state index contributed by atoms with van der Waals surface area (Å²) >= 11 is 17.2. The lowest BCUT2D eigenvalue weighted by atomic mass is 10.1. The van der Waals surface area contributed by atoms with Crippen LogP contribution in [0, 0.1) is 0 Å². The van der Waals surface area contributed by atoms with Gasteiger partial charge in [-0.2, -0.15) is 0 Å². The van der Waals surface area contributed by atoms with Crippen molar-refractivity contribution in [2.24, 2.45) is 0 Å². The van der Waals surface area contributed by atoms with Gasteiger partial charge in [-0.15, -0.1) is 0 Å². The quantitative estimate of drug-likeness (QED) is 0.688. The van der Waals surface area contributed by atoms with Crippen LogP contribution in [0.15, 0.2) is 42.5 Å². The van der Waals surface area contributed by atoms with Gasteiger partial charge >= 0.3 is 0 Å². The Morgan fingerprint density at radius 2 is 1.83 bits per heavy atom. The highest BCUT2D eigenvalue weighted by Gasteiger charge is 2.08. The molecule has 0 bridgehead atoms. The maximum absolute atomic E-state index is 5.99. The van der Waals surface area contributed by atoms with Crippen LogP contribution in [-0.4, -0.2) is 11.7 Å². The fourth-order valence-corrected chi connectivity index (χ4v) is 2.63. The van der Waals surface area contributed by atoms with Crippen molar-refractivity contribution in [3.8, 4) is 5.75 Å². The predicted octanol–water partition coefficient (Wildman–Crippen LogP) is 5.44. The summed E-state index contributed by atoms with van der Waals surface area (Å²) < 4.78 is 5.44. The topological polar surface area (TPSA) is 33.3 Å². The Kier molecular flexibility index (Phi) is 6.51. The van der Waals surface area contributed by atoms with Gasteiger partial charge in [0, 0.05) is 5.69 Å². The lowest BCUT2D eigenvalue weighted by molar-refractivity contribution is 0.340. The highest BCUT2D eigenvalue weighted by molar-refractivity contribution is 7.80. The third-order valence-electron chi connectivity index (χ3n) is 3.22. The summed E-state index contributed by atoms with van der Waals surface area (Å²) in [7, 11) is 0. The van der Waals surface area contributed by atoms with E-state index in [1.807, 2.05) is 44.2 Å². The number of ether oxygens (including phenoxy) is 1. The number of halogens is 2. The smallest absolute Gasteiger partial charge is 0.171 e. The Bertz CT molecular complexity index is 677. The molecule has 0 aliphatic rings. The maximum atomic E-state index is 5.99. The summed E-state index contributed by atoms with van der Waals surface area (Å²) in [6.45, 7) is 4.66. The van der Waals surface area contributed by atoms with Gasteiger partial charge < -0.3 is 15.4 Å². The van der Waals surface area contributed by atoms with Crippen molar-refractivity contribution in [1.29, 1.82) is 0 Å². The molecule has 23 heavy (non-hydrogen) atoms. The van der Waals surface area contributed by atoms with Gasteiger partial charge in [0.15, 0.2) is 5.11 Å². The monoisotopic (exact) mass is 368 g/mol. The molecule has 6 heteroatoms. The van der Waals surface area contributed by atoms with Gasteiger partial charge in [0.05, 0.1) is 22.7 Å². The van der Waals surface area contributed by atoms with Crippen LogP contribution in [0.1, 0.15) is 25.5 Å². The van der Waals surface area contributed by atoms with Crippen LogP contribution in [0.4, 0.5) is 5.69 Å². The van der Waals surface area contributed by atoms with E-state index >= 15 is 0 Å². The molecule has 0 aromatic heterocycles. The molecule has 3 nitrogen and oxygen atoms in total. The van der Waals surface area contributed by atoms with E-state index in [-0.39, 0.29) is 6.04 Å². The van der Waals surface area contributed by atoms with Crippen molar-refractivity contribution in [3.63, 3.8) is 0 Å².